The van der Waals surface area contributed by atoms with Gasteiger partial charge in [0.2, 0.25) is 0 Å². The summed E-state index contributed by atoms with van der Waals surface area (Å²) in [5.74, 6) is 0.762. The van der Waals surface area contributed by atoms with Gasteiger partial charge in [-0.3, -0.25) is 9.80 Å². The highest BCUT2D eigenvalue weighted by Crippen LogP contribution is 2.30. The second kappa shape index (κ2) is 6.72. The zero-order valence-electron chi connectivity index (χ0n) is 15.1. The van der Waals surface area contributed by atoms with E-state index in [0.717, 1.165) is 36.6 Å². The Bertz CT molecular complexity index is 902. The van der Waals surface area contributed by atoms with E-state index in [0.29, 0.717) is 6.04 Å². The van der Waals surface area contributed by atoms with Crippen LogP contribution in [0.1, 0.15) is 29.8 Å². The average molecular weight is 369 g/mol. The smallest absolute Gasteiger partial charge is 0.105 e. The van der Waals surface area contributed by atoms with E-state index in [1.54, 1.807) is 0 Å². The van der Waals surface area contributed by atoms with Crippen molar-refractivity contribution in [1.82, 2.24) is 28.5 Å². The van der Waals surface area contributed by atoms with E-state index >= 15 is 0 Å². The number of aryl methyl sites for hydroxylation is 1. The molecule has 1 N–H and O–H groups in total. The van der Waals surface area contributed by atoms with Gasteiger partial charge in [0.15, 0.2) is 0 Å². The number of imidazole rings is 1. The molecular formula is C19H24N6S. The van der Waals surface area contributed by atoms with Crippen molar-refractivity contribution in [3.05, 3.63) is 41.5 Å². The Labute approximate surface area is 157 Å². The topological polar surface area (TPSA) is 60.9 Å². The molecule has 3 fully saturated rings. The van der Waals surface area contributed by atoms with Gasteiger partial charge in [-0.15, -0.1) is 0 Å². The fourth-order valence-electron chi connectivity index (χ4n) is 4.52. The van der Waals surface area contributed by atoms with Crippen LogP contribution in [0.25, 0.3) is 11.0 Å². The lowest BCUT2D eigenvalue weighted by molar-refractivity contribution is 0.123. The number of fused-ring (bicyclic) bond motifs is 5. The monoisotopic (exact) mass is 368 g/mol. The maximum atomic E-state index is 4.50. The summed E-state index contributed by atoms with van der Waals surface area (Å²) >= 11 is 1.30. The number of hydrogen-bond donors (Lipinski definition) is 1. The summed E-state index contributed by atoms with van der Waals surface area (Å²) in [6.45, 7) is 7.63. The molecule has 136 valence electrons. The third-order valence-electron chi connectivity index (χ3n) is 5.91. The van der Waals surface area contributed by atoms with Crippen LogP contribution in [0, 0.1) is 12.8 Å². The van der Waals surface area contributed by atoms with E-state index in [1.807, 2.05) is 6.33 Å². The maximum Gasteiger partial charge on any atom is 0.105 e. The van der Waals surface area contributed by atoms with Crippen molar-refractivity contribution in [3.63, 3.8) is 0 Å². The first-order valence-corrected chi connectivity index (χ1v) is 10.1. The number of aromatic amines is 1. The molecule has 7 heteroatoms. The minimum Gasteiger partial charge on any atom is -0.348 e. The molecule has 0 saturated carbocycles. The zero-order valence-corrected chi connectivity index (χ0v) is 15.9. The molecule has 2 bridgehead atoms. The number of nitrogens with zero attached hydrogens (tertiary/aromatic N) is 5. The summed E-state index contributed by atoms with van der Waals surface area (Å²) in [6.07, 6.45) is 4.47. The standard InChI is InChI=1S/C19H24N6S/c1-13-19(21-12-20-13)11-24-7-15-2-4-16(10-24)25(9-15)8-14-3-5-17-18(6-14)23-26-22-17/h3,5-6,12,15-16H,2,4,7-11H2,1H3,(H,20,21)/t15-,16+/m0/s1. The van der Waals surface area contributed by atoms with E-state index in [9.17, 15) is 0 Å². The summed E-state index contributed by atoms with van der Waals surface area (Å²) in [6, 6.07) is 7.17. The maximum absolute atomic E-state index is 4.50. The molecule has 3 saturated heterocycles. The summed E-state index contributed by atoms with van der Waals surface area (Å²) in [5, 5.41) is 0. The first-order chi connectivity index (χ1) is 12.7. The van der Waals surface area contributed by atoms with Crippen molar-refractivity contribution in [3.8, 4) is 0 Å². The number of piperidine rings is 1. The van der Waals surface area contributed by atoms with E-state index in [-0.39, 0.29) is 0 Å². The highest BCUT2D eigenvalue weighted by atomic mass is 32.1. The Morgan fingerprint density at radius 1 is 1.12 bits per heavy atom. The molecule has 5 heterocycles. The zero-order chi connectivity index (χ0) is 17.5. The van der Waals surface area contributed by atoms with Gasteiger partial charge in [0, 0.05) is 44.5 Å². The molecule has 0 spiro atoms. The molecule has 0 amide bonds. The Morgan fingerprint density at radius 2 is 2.04 bits per heavy atom. The molecular weight excluding hydrogens is 344 g/mol. The number of rotatable bonds is 4. The Balaban J connectivity index is 1.31. The number of hydrogen-bond acceptors (Lipinski definition) is 6. The van der Waals surface area contributed by atoms with E-state index in [2.05, 4.69) is 53.6 Å². The SMILES string of the molecule is Cc1[nH]cnc1CN1C[C@@H]2CC[C@H](C1)N(Cc1ccc3nsnc3c1)C2. The van der Waals surface area contributed by atoms with Gasteiger partial charge >= 0.3 is 0 Å². The number of H-pyrrole nitrogens is 1. The minimum atomic E-state index is 0.636. The molecule has 3 aliphatic rings. The Kier molecular flexibility index (Phi) is 4.23. The molecule has 0 radical (unpaired) electrons. The third kappa shape index (κ3) is 3.15. The fourth-order valence-corrected chi connectivity index (χ4v) is 5.04. The molecule has 2 atom stereocenters. The summed E-state index contributed by atoms with van der Waals surface area (Å²) in [5.41, 5.74) is 5.79. The van der Waals surface area contributed by atoms with Gasteiger partial charge in [-0.1, -0.05) is 6.07 Å². The van der Waals surface area contributed by atoms with Crippen molar-refractivity contribution >= 4 is 22.8 Å². The quantitative estimate of drug-likeness (QED) is 0.767. The van der Waals surface area contributed by atoms with Crippen LogP contribution >= 0.6 is 11.7 Å². The molecule has 6 rings (SSSR count). The van der Waals surface area contributed by atoms with Crippen LogP contribution in [-0.2, 0) is 13.1 Å². The van der Waals surface area contributed by atoms with Crippen molar-refractivity contribution in [2.75, 3.05) is 19.6 Å². The predicted octanol–water partition coefficient (Wildman–Crippen LogP) is 2.82. The van der Waals surface area contributed by atoms with Gasteiger partial charge in [0.25, 0.3) is 0 Å². The van der Waals surface area contributed by atoms with Gasteiger partial charge < -0.3 is 4.98 Å². The first-order valence-electron chi connectivity index (χ1n) is 9.41. The lowest BCUT2D eigenvalue weighted by Crippen LogP contribution is -2.43. The van der Waals surface area contributed by atoms with Crippen LogP contribution in [0.5, 0.6) is 0 Å². The molecule has 3 aromatic rings. The van der Waals surface area contributed by atoms with Crippen molar-refractivity contribution < 1.29 is 0 Å². The predicted molar refractivity (Wildman–Crippen MR) is 103 cm³/mol. The van der Waals surface area contributed by atoms with Crippen LogP contribution in [0.2, 0.25) is 0 Å². The van der Waals surface area contributed by atoms with Gasteiger partial charge in [0.05, 0.1) is 23.7 Å². The summed E-state index contributed by atoms with van der Waals surface area (Å²) < 4.78 is 8.71. The second-order valence-corrected chi connectivity index (χ2v) is 8.31. The molecule has 3 aliphatic heterocycles. The molecule has 0 aliphatic carbocycles. The van der Waals surface area contributed by atoms with Crippen LogP contribution in [-0.4, -0.2) is 54.2 Å². The lowest BCUT2D eigenvalue weighted by Gasteiger charge is -2.36. The van der Waals surface area contributed by atoms with E-state index in [4.69, 9.17) is 0 Å². The third-order valence-corrected chi connectivity index (χ3v) is 6.47. The van der Waals surface area contributed by atoms with E-state index < -0.39 is 0 Å². The van der Waals surface area contributed by atoms with Crippen molar-refractivity contribution in [2.24, 2.45) is 5.92 Å². The summed E-state index contributed by atoms with van der Waals surface area (Å²) in [4.78, 5) is 13.0. The first kappa shape index (κ1) is 16.4. The van der Waals surface area contributed by atoms with Gasteiger partial charge in [-0.25, -0.2) is 4.98 Å². The molecule has 1 aromatic carbocycles. The van der Waals surface area contributed by atoms with Crippen molar-refractivity contribution in [2.45, 2.75) is 38.9 Å². The molecule has 0 unspecified atom stereocenters. The van der Waals surface area contributed by atoms with Gasteiger partial charge in [0.1, 0.15) is 11.0 Å². The van der Waals surface area contributed by atoms with Gasteiger partial charge in [-0.2, -0.15) is 8.75 Å². The number of aromatic nitrogens is 4. The molecule has 6 nitrogen and oxygen atoms in total. The Hall–Kier alpha value is -1.83. The molecule has 26 heavy (non-hydrogen) atoms. The number of nitrogens with one attached hydrogen (secondary N) is 1. The second-order valence-electron chi connectivity index (χ2n) is 7.78. The fraction of sp³-hybridized carbons (Fsp3) is 0.526. The highest BCUT2D eigenvalue weighted by Gasteiger charge is 2.34. The summed E-state index contributed by atoms with van der Waals surface area (Å²) in [7, 11) is 0. The average Bonchev–Trinajstić information content (AvgIpc) is 3.16. The minimum absolute atomic E-state index is 0.636. The number of benzene rings is 1. The van der Waals surface area contributed by atoms with Crippen LogP contribution in [0.15, 0.2) is 24.5 Å². The lowest BCUT2D eigenvalue weighted by atomic mass is 9.94. The Morgan fingerprint density at radius 3 is 2.92 bits per heavy atom. The van der Waals surface area contributed by atoms with E-state index in [1.165, 1.54) is 54.6 Å². The van der Waals surface area contributed by atoms with Crippen LogP contribution in [0.4, 0.5) is 0 Å². The van der Waals surface area contributed by atoms with Crippen molar-refractivity contribution in [1.29, 1.82) is 0 Å². The normalized spacial score (nSPS) is 24.3. The van der Waals surface area contributed by atoms with Gasteiger partial charge in [-0.05, 0) is 43.4 Å². The van der Waals surface area contributed by atoms with Crippen LogP contribution in [0.3, 0.4) is 0 Å². The largest absolute Gasteiger partial charge is 0.348 e. The highest BCUT2D eigenvalue weighted by molar-refractivity contribution is 7.00. The molecule has 2 aromatic heterocycles. The van der Waals surface area contributed by atoms with Crippen LogP contribution < -0.4 is 0 Å².